The first-order valence-electron chi connectivity index (χ1n) is 10.0. The van der Waals surface area contributed by atoms with Crippen molar-refractivity contribution in [1.29, 1.82) is 0 Å². The first kappa shape index (κ1) is 23.1. The van der Waals surface area contributed by atoms with E-state index in [1.807, 2.05) is 29.2 Å². The molecule has 1 aromatic heterocycles. The molecule has 1 atom stereocenters. The number of aliphatic hydroxyl groups is 1. The van der Waals surface area contributed by atoms with Crippen molar-refractivity contribution in [3.63, 3.8) is 0 Å². The van der Waals surface area contributed by atoms with Crippen LogP contribution in [-0.4, -0.2) is 41.7 Å². The molecule has 0 spiro atoms. The Kier molecular flexibility index (Phi) is 7.09. The first-order valence-corrected chi connectivity index (χ1v) is 11.8. The molecule has 1 fully saturated rings. The fourth-order valence-corrected chi connectivity index (χ4v) is 5.10. The molecule has 1 N–H and O–H groups in total. The maximum Gasteiger partial charge on any atom is 0.137 e. The fraction of sp³-hybridized carbons (Fsp3) is 0.318. The highest BCUT2D eigenvalue weighted by atomic mass is 35.5. The molecule has 4 rings (SSSR count). The van der Waals surface area contributed by atoms with E-state index in [-0.39, 0.29) is 24.7 Å². The number of thioether (sulfide) groups is 1. The molecule has 32 heavy (non-hydrogen) atoms. The van der Waals surface area contributed by atoms with Gasteiger partial charge in [0, 0.05) is 28.4 Å². The number of benzene rings is 2. The van der Waals surface area contributed by atoms with Gasteiger partial charge in [0.25, 0.3) is 0 Å². The van der Waals surface area contributed by atoms with Crippen LogP contribution in [0.5, 0.6) is 0 Å². The van der Waals surface area contributed by atoms with Gasteiger partial charge >= 0.3 is 0 Å². The van der Waals surface area contributed by atoms with E-state index in [4.69, 9.17) is 23.8 Å². The summed E-state index contributed by atoms with van der Waals surface area (Å²) in [6, 6.07) is 10.9. The molecular formula is C22H21ClF2N4OS2. The zero-order valence-corrected chi connectivity index (χ0v) is 19.4. The maximum atomic E-state index is 14.7. The van der Waals surface area contributed by atoms with Crippen molar-refractivity contribution >= 4 is 39.9 Å². The minimum Gasteiger partial charge on any atom is -0.381 e. The maximum absolute atomic E-state index is 14.7. The van der Waals surface area contributed by atoms with Gasteiger partial charge in [-0.05, 0) is 30.5 Å². The number of hydrogen-bond donors (Lipinski definition) is 1. The van der Waals surface area contributed by atoms with Crippen LogP contribution in [0, 0.1) is 11.6 Å². The van der Waals surface area contributed by atoms with Crippen LogP contribution in [0.2, 0.25) is 5.02 Å². The predicted molar refractivity (Wildman–Crippen MR) is 125 cm³/mol. The molecule has 0 radical (unpaired) electrons. The lowest BCUT2D eigenvalue weighted by molar-refractivity contribution is -0.00746. The predicted octanol–water partition coefficient (Wildman–Crippen LogP) is 4.78. The molecule has 0 aliphatic heterocycles. The summed E-state index contributed by atoms with van der Waals surface area (Å²) in [5.74, 6) is -0.953. The van der Waals surface area contributed by atoms with E-state index in [1.165, 1.54) is 35.2 Å². The number of hydrogen-bond acceptors (Lipinski definition) is 5. The van der Waals surface area contributed by atoms with Crippen molar-refractivity contribution in [3.8, 4) is 0 Å². The fourth-order valence-electron chi connectivity index (χ4n) is 3.52. The van der Waals surface area contributed by atoms with E-state index in [0.717, 1.165) is 30.5 Å². The summed E-state index contributed by atoms with van der Waals surface area (Å²) in [5, 5.41) is 16.4. The zero-order chi connectivity index (χ0) is 22.7. The van der Waals surface area contributed by atoms with Gasteiger partial charge in [-0.15, -0.1) is 0 Å². The SMILES string of the molecule is OC(CN(C(=S)SCc1ccccc1Cl)C1CC1)(Cn1cncn1)c1ccc(F)cc1F. The first-order chi connectivity index (χ1) is 15.4. The van der Waals surface area contributed by atoms with Gasteiger partial charge in [0.15, 0.2) is 0 Å². The van der Waals surface area contributed by atoms with Crippen LogP contribution in [0.25, 0.3) is 0 Å². The average Bonchev–Trinajstić information content (AvgIpc) is 3.47. The molecule has 1 aliphatic carbocycles. The second-order valence-electron chi connectivity index (χ2n) is 7.75. The van der Waals surface area contributed by atoms with Gasteiger partial charge in [-0.1, -0.05) is 59.8 Å². The lowest BCUT2D eigenvalue weighted by Gasteiger charge is -2.36. The topological polar surface area (TPSA) is 54.2 Å². The van der Waals surface area contributed by atoms with E-state index in [0.29, 0.717) is 15.1 Å². The van der Waals surface area contributed by atoms with Gasteiger partial charge < -0.3 is 10.0 Å². The number of aromatic nitrogens is 3. The summed E-state index contributed by atoms with van der Waals surface area (Å²) in [5.41, 5.74) is -0.762. The third-order valence-electron chi connectivity index (χ3n) is 5.29. The molecule has 0 bridgehead atoms. The summed E-state index contributed by atoms with van der Waals surface area (Å²) in [4.78, 5) is 5.83. The van der Waals surface area contributed by atoms with E-state index in [1.54, 1.807) is 0 Å². The largest absolute Gasteiger partial charge is 0.381 e. The Bertz CT molecular complexity index is 1100. The lowest BCUT2D eigenvalue weighted by Crippen LogP contribution is -2.46. The van der Waals surface area contributed by atoms with Gasteiger partial charge in [0.2, 0.25) is 0 Å². The molecule has 3 aromatic rings. The molecule has 1 saturated carbocycles. The van der Waals surface area contributed by atoms with Crippen LogP contribution in [0.3, 0.4) is 0 Å². The average molecular weight is 495 g/mol. The van der Waals surface area contributed by atoms with Gasteiger partial charge in [0.05, 0.1) is 13.1 Å². The highest BCUT2D eigenvalue weighted by Crippen LogP contribution is 2.36. The van der Waals surface area contributed by atoms with Crippen molar-refractivity contribution in [3.05, 3.63) is 82.9 Å². The highest BCUT2D eigenvalue weighted by Gasteiger charge is 2.41. The summed E-state index contributed by atoms with van der Waals surface area (Å²) < 4.78 is 30.3. The van der Waals surface area contributed by atoms with Crippen LogP contribution in [-0.2, 0) is 17.9 Å². The Morgan fingerprint density at radius 2 is 2.06 bits per heavy atom. The quantitative estimate of drug-likeness (QED) is 0.455. The van der Waals surface area contributed by atoms with E-state index < -0.39 is 17.2 Å². The minimum absolute atomic E-state index is 0.0149. The number of rotatable bonds is 8. The smallest absolute Gasteiger partial charge is 0.137 e. The Morgan fingerprint density at radius 1 is 1.28 bits per heavy atom. The Hall–Kier alpha value is -2.07. The Labute approximate surface area is 199 Å². The van der Waals surface area contributed by atoms with Gasteiger partial charge in [-0.25, -0.2) is 18.4 Å². The summed E-state index contributed by atoms with van der Waals surface area (Å²) in [7, 11) is 0. The molecule has 1 aliphatic rings. The van der Waals surface area contributed by atoms with Crippen molar-refractivity contribution in [2.24, 2.45) is 0 Å². The van der Waals surface area contributed by atoms with E-state index in [2.05, 4.69) is 10.1 Å². The monoisotopic (exact) mass is 494 g/mol. The molecule has 10 heteroatoms. The van der Waals surface area contributed by atoms with Gasteiger partial charge in [-0.2, -0.15) is 5.10 Å². The van der Waals surface area contributed by atoms with Crippen molar-refractivity contribution in [2.45, 2.75) is 36.8 Å². The van der Waals surface area contributed by atoms with Gasteiger partial charge in [0.1, 0.15) is 34.2 Å². The lowest BCUT2D eigenvalue weighted by atomic mass is 9.92. The summed E-state index contributed by atoms with van der Waals surface area (Å²) in [6.45, 7) is -0.0228. The van der Waals surface area contributed by atoms with Crippen molar-refractivity contribution in [1.82, 2.24) is 19.7 Å². The number of halogens is 3. The molecule has 1 heterocycles. The second kappa shape index (κ2) is 9.82. The van der Waals surface area contributed by atoms with Crippen molar-refractivity contribution < 1.29 is 13.9 Å². The number of thiocarbonyl (C=S) groups is 1. The molecule has 2 aromatic carbocycles. The zero-order valence-electron chi connectivity index (χ0n) is 17.0. The molecular weight excluding hydrogens is 474 g/mol. The standard InChI is InChI=1S/C22H21ClF2N4OS2/c23-19-4-2-1-3-15(19)10-32-21(31)29(17-6-7-17)12-22(30,11-28-14-26-13-27-28)18-8-5-16(24)9-20(18)25/h1-5,8-9,13-14,17,30H,6-7,10-12H2. The Morgan fingerprint density at radius 3 is 2.72 bits per heavy atom. The van der Waals surface area contributed by atoms with E-state index in [9.17, 15) is 13.9 Å². The number of nitrogens with zero attached hydrogens (tertiary/aromatic N) is 4. The van der Waals surface area contributed by atoms with Crippen LogP contribution >= 0.6 is 35.6 Å². The summed E-state index contributed by atoms with van der Waals surface area (Å²) >= 11 is 13.4. The van der Waals surface area contributed by atoms with Crippen LogP contribution in [0.15, 0.2) is 55.1 Å². The van der Waals surface area contributed by atoms with Crippen LogP contribution < -0.4 is 0 Å². The van der Waals surface area contributed by atoms with Crippen molar-refractivity contribution in [2.75, 3.05) is 6.54 Å². The summed E-state index contributed by atoms with van der Waals surface area (Å²) in [6.07, 6.45) is 4.64. The minimum atomic E-state index is -1.71. The van der Waals surface area contributed by atoms with Crippen LogP contribution in [0.4, 0.5) is 8.78 Å². The van der Waals surface area contributed by atoms with E-state index >= 15 is 0 Å². The third-order valence-corrected chi connectivity index (χ3v) is 7.18. The normalized spacial score (nSPS) is 15.4. The molecule has 1 unspecified atom stereocenters. The second-order valence-corrected chi connectivity index (χ2v) is 9.77. The Balaban J connectivity index is 1.58. The molecule has 168 valence electrons. The molecule has 0 amide bonds. The molecule has 5 nitrogen and oxygen atoms in total. The van der Waals surface area contributed by atoms with Gasteiger partial charge in [-0.3, -0.25) is 0 Å². The molecule has 0 saturated heterocycles. The highest BCUT2D eigenvalue weighted by molar-refractivity contribution is 8.22. The van der Waals surface area contributed by atoms with Crippen LogP contribution in [0.1, 0.15) is 24.0 Å². The third kappa shape index (κ3) is 5.46.